The zero-order valence-corrected chi connectivity index (χ0v) is 29.2. The fourth-order valence-electron chi connectivity index (χ4n) is 9.39. The van der Waals surface area contributed by atoms with Gasteiger partial charge in [0, 0.05) is 21.9 Å². The Morgan fingerprint density at radius 2 is 0.981 bits per heavy atom. The third-order valence-electron chi connectivity index (χ3n) is 11.7. The Balaban J connectivity index is 1.17. The molecule has 0 N–H and O–H groups in total. The van der Waals surface area contributed by atoms with Crippen molar-refractivity contribution in [1.29, 1.82) is 0 Å². The number of para-hydroxylation sites is 1. The lowest BCUT2D eigenvalue weighted by Crippen LogP contribution is -2.15. The summed E-state index contributed by atoms with van der Waals surface area (Å²) in [5.74, 6) is 0. The van der Waals surface area contributed by atoms with Crippen molar-refractivity contribution in [3.63, 3.8) is 0 Å². The second-order valence-corrected chi connectivity index (χ2v) is 14.9. The van der Waals surface area contributed by atoms with Gasteiger partial charge in [-0.3, -0.25) is 0 Å². The van der Waals surface area contributed by atoms with Crippen LogP contribution < -0.4 is 0 Å². The summed E-state index contributed by atoms with van der Waals surface area (Å²) >= 11 is 0. The van der Waals surface area contributed by atoms with Gasteiger partial charge >= 0.3 is 0 Å². The molecule has 0 fully saturated rings. The molecule has 0 aliphatic heterocycles. The minimum Gasteiger partial charge on any atom is -0.309 e. The maximum atomic E-state index is 2.50. The molecule has 1 nitrogen and oxygen atoms in total. The van der Waals surface area contributed by atoms with Crippen molar-refractivity contribution in [3.05, 3.63) is 187 Å². The van der Waals surface area contributed by atoms with Gasteiger partial charge in [0.25, 0.3) is 0 Å². The maximum absolute atomic E-state index is 2.50. The summed E-state index contributed by atoms with van der Waals surface area (Å²) in [6, 6.07) is 65.2. The van der Waals surface area contributed by atoms with E-state index >= 15 is 0 Å². The zero-order valence-electron chi connectivity index (χ0n) is 29.2. The van der Waals surface area contributed by atoms with Gasteiger partial charge < -0.3 is 4.57 Å². The molecule has 0 unspecified atom stereocenters. The molecule has 244 valence electrons. The second-order valence-electron chi connectivity index (χ2n) is 14.9. The minimum absolute atomic E-state index is 0.170. The average molecular weight is 662 g/mol. The van der Waals surface area contributed by atoms with E-state index in [1.807, 2.05) is 0 Å². The topological polar surface area (TPSA) is 4.93 Å². The monoisotopic (exact) mass is 661 g/mol. The molecular weight excluding hydrogens is 627 g/mol. The Morgan fingerprint density at radius 1 is 0.385 bits per heavy atom. The van der Waals surface area contributed by atoms with Crippen LogP contribution in [0, 0.1) is 0 Å². The highest BCUT2D eigenvalue weighted by Crippen LogP contribution is 2.55. The molecular formula is C51H35N. The molecule has 1 aliphatic carbocycles. The van der Waals surface area contributed by atoms with Gasteiger partial charge in [0.2, 0.25) is 0 Å². The van der Waals surface area contributed by atoms with Crippen molar-refractivity contribution >= 4 is 54.1 Å². The van der Waals surface area contributed by atoms with E-state index in [1.165, 1.54) is 104 Å². The zero-order chi connectivity index (χ0) is 34.6. The van der Waals surface area contributed by atoms with Crippen LogP contribution in [0.3, 0.4) is 0 Å². The molecule has 0 atom stereocenters. The first-order chi connectivity index (χ1) is 25.6. The summed E-state index contributed by atoms with van der Waals surface area (Å²) in [4.78, 5) is 0. The summed E-state index contributed by atoms with van der Waals surface area (Å²) in [6.45, 7) is 4.81. The van der Waals surface area contributed by atoms with Crippen molar-refractivity contribution in [2.45, 2.75) is 19.3 Å². The molecule has 0 bridgehead atoms. The number of hydrogen-bond donors (Lipinski definition) is 0. The van der Waals surface area contributed by atoms with E-state index < -0.39 is 0 Å². The first kappa shape index (κ1) is 29.3. The maximum Gasteiger partial charge on any atom is 0.0547 e. The smallest absolute Gasteiger partial charge is 0.0547 e. The molecule has 1 aromatic heterocycles. The Bertz CT molecular complexity index is 3030. The van der Waals surface area contributed by atoms with E-state index in [9.17, 15) is 0 Å². The van der Waals surface area contributed by atoms with Crippen molar-refractivity contribution < 1.29 is 0 Å². The van der Waals surface area contributed by atoms with E-state index in [4.69, 9.17) is 0 Å². The lowest BCUT2D eigenvalue weighted by atomic mass is 9.80. The standard InChI is InChI=1S/C51H35N/c1-51(2)43-28-29-46-50(42-22-12-13-23-45(42)52(46)36-26-24-32-14-6-7-17-34(32)30-36)49(43)41-27-25-35(31-44(41)51)48-39-20-10-8-18-37(39)47(33-15-4-3-5-16-33)38-19-9-11-21-40(38)48/h3-31H,1-2H3. The fourth-order valence-corrected chi connectivity index (χ4v) is 9.39. The van der Waals surface area contributed by atoms with E-state index in [0.29, 0.717) is 0 Å². The molecule has 11 rings (SSSR count). The molecule has 0 spiro atoms. The van der Waals surface area contributed by atoms with E-state index in [-0.39, 0.29) is 5.41 Å². The van der Waals surface area contributed by atoms with Crippen molar-refractivity contribution in [2.24, 2.45) is 0 Å². The van der Waals surface area contributed by atoms with Gasteiger partial charge in [-0.15, -0.1) is 0 Å². The van der Waals surface area contributed by atoms with Gasteiger partial charge in [0.1, 0.15) is 0 Å². The summed E-state index contributed by atoms with van der Waals surface area (Å²) in [5, 5.41) is 10.3. The highest BCUT2D eigenvalue weighted by Gasteiger charge is 2.38. The van der Waals surface area contributed by atoms with Gasteiger partial charge in [-0.05, 0) is 107 Å². The van der Waals surface area contributed by atoms with Gasteiger partial charge in [-0.1, -0.05) is 159 Å². The van der Waals surface area contributed by atoms with E-state index in [2.05, 4.69) is 194 Å². The molecule has 52 heavy (non-hydrogen) atoms. The van der Waals surface area contributed by atoms with Gasteiger partial charge in [0.15, 0.2) is 0 Å². The van der Waals surface area contributed by atoms with Crippen molar-refractivity contribution in [2.75, 3.05) is 0 Å². The molecule has 9 aromatic carbocycles. The average Bonchev–Trinajstić information content (AvgIpc) is 3.65. The first-order valence-corrected chi connectivity index (χ1v) is 18.3. The Labute approximate surface area is 303 Å². The summed E-state index contributed by atoms with van der Waals surface area (Å²) in [6.07, 6.45) is 0. The van der Waals surface area contributed by atoms with Crippen molar-refractivity contribution in [1.82, 2.24) is 4.57 Å². The van der Waals surface area contributed by atoms with Crippen LogP contribution in [0.15, 0.2) is 176 Å². The molecule has 1 heteroatoms. The molecule has 10 aromatic rings. The van der Waals surface area contributed by atoms with Crippen LogP contribution in [-0.4, -0.2) is 4.57 Å². The molecule has 0 radical (unpaired) electrons. The second kappa shape index (κ2) is 10.8. The molecule has 1 aliphatic rings. The van der Waals surface area contributed by atoms with Crippen LogP contribution in [0.2, 0.25) is 0 Å². The largest absolute Gasteiger partial charge is 0.309 e. The van der Waals surface area contributed by atoms with Crippen LogP contribution in [0.25, 0.3) is 93.2 Å². The predicted octanol–water partition coefficient (Wildman–Crippen LogP) is 13.9. The molecule has 1 heterocycles. The Morgan fingerprint density at radius 3 is 1.69 bits per heavy atom. The third kappa shape index (κ3) is 3.99. The SMILES string of the molecule is CC1(C)c2cc(-c3c4ccccc4c(-c4ccccc4)c4ccccc34)ccc2-c2c1ccc1c2c2ccccc2n1-c1ccc2ccccc2c1. The minimum atomic E-state index is -0.170. The normalized spacial score (nSPS) is 13.3. The van der Waals surface area contributed by atoms with Gasteiger partial charge in [-0.2, -0.15) is 0 Å². The van der Waals surface area contributed by atoms with Crippen LogP contribution >= 0.6 is 0 Å². The first-order valence-electron chi connectivity index (χ1n) is 18.3. The Hall–Kier alpha value is -6.44. The van der Waals surface area contributed by atoms with Gasteiger partial charge in [-0.25, -0.2) is 0 Å². The van der Waals surface area contributed by atoms with Gasteiger partial charge in [0.05, 0.1) is 11.0 Å². The van der Waals surface area contributed by atoms with E-state index in [1.54, 1.807) is 0 Å². The number of benzene rings is 9. The van der Waals surface area contributed by atoms with Crippen LogP contribution in [0.5, 0.6) is 0 Å². The lowest BCUT2D eigenvalue weighted by molar-refractivity contribution is 0.661. The molecule has 0 amide bonds. The number of rotatable bonds is 3. The van der Waals surface area contributed by atoms with Crippen LogP contribution in [0.1, 0.15) is 25.0 Å². The van der Waals surface area contributed by atoms with Crippen LogP contribution in [-0.2, 0) is 5.41 Å². The summed E-state index contributed by atoms with van der Waals surface area (Å²) in [5.41, 5.74) is 14.1. The number of aromatic nitrogens is 1. The van der Waals surface area contributed by atoms with E-state index in [0.717, 1.165) is 0 Å². The lowest BCUT2D eigenvalue weighted by Gasteiger charge is -2.23. The highest BCUT2D eigenvalue weighted by atomic mass is 15.0. The fraction of sp³-hybridized carbons (Fsp3) is 0.0588. The quantitative estimate of drug-likeness (QED) is 0.166. The summed E-state index contributed by atoms with van der Waals surface area (Å²) < 4.78 is 2.46. The Kier molecular flexibility index (Phi) is 6.08. The molecule has 0 saturated heterocycles. The predicted molar refractivity (Wildman–Crippen MR) is 222 cm³/mol. The molecule has 0 saturated carbocycles. The summed E-state index contributed by atoms with van der Waals surface area (Å²) in [7, 11) is 0. The highest BCUT2D eigenvalue weighted by molar-refractivity contribution is 6.22. The number of fused-ring (bicyclic) bond motifs is 10. The van der Waals surface area contributed by atoms with Crippen LogP contribution in [0.4, 0.5) is 0 Å². The number of hydrogen-bond acceptors (Lipinski definition) is 0. The van der Waals surface area contributed by atoms with Crippen molar-refractivity contribution in [3.8, 4) is 39.1 Å². The number of nitrogens with zero attached hydrogens (tertiary/aromatic N) is 1. The third-order valence-corrected chi connectivity index (χ3v) is 11.7.